The lowest BCUT2D eigenvalue weighted by atomic mass is 9.95. The van der Waals surface area contributed by atoms with Crippen LogP contribution in [0.3, 0.4) is 0 Å². The van der Waals surface area contributed by atoms with E-state index in [1.54, 1.807) is 19.2 Å². The number of hydrogen-bond acceptors (Lipinski definition) is 1. The molecule has 3 rings (SSSR count). The summed E-state index contributed by atoms with van der Waals surface area (Å²) in [6, 6.07) is 13.2. The predicted molar refractivity (Wildman–Crippen MR) is 75.0 cm³/mol. The molecule has 0 radical (unpaired) electrons. The van der Waals surface area contributed by atoms with Crippen LogP contribution >= 0.6 is 0 Å². The molecule has 1 aliphatic carbocycles. The van der Waals surface area contributed by atoms with Crippen LogP contribution in [0.1, 0.15) is 25.3 Å². The molecule has 2 aromatic carbocycles. The highest BCUT2D eigenvalue weighted by molar-refractivity contribution is 5.65. The first-order valence-corrected chi connectivity index (χ1v) is 6.57. The number of hydrogen-bond donors (Lipinski definition) is 0. The van der Waals surface area contributed by atoms with Gasteiger partial charge in [0.25, 0.3) is 0 Å². The van der Waals surface area contributed by atoms with Crippen LogP contribution in [0.2, 0.25) is 0 Å². The summed E-state index contributed by atoms with van der Waals surface area (Å²) in [7, 11) is 1.54. The standard InChI is InChI=1S/C17H17FO/c1-17(9-10-17)13-5-3-12(4-6-13)15-8-7-14(19-2)11-16(15)18/h3-8,11H,9-10H2,1-2H3. The Labute approximate surface area is 113 Å². The van der Waals surface area contributed by atoms with Crippen LogP contribution in [0.25, 0.3) is 11.1 Å². The van der Waals surface area contributed by atoms with Gasteiger partial charge in [-0.25, -0.2) is 4.39 Å². The van der Waals surface area contributed by atoms with Crippen molar-refractivity contribution < 1.29 is 9.13 Å². The Morgan fingerprint density at radius 3 is 2.26 bits per heavy atom. The van der Waals surface area contributed by atoms with Crippen molar-refractivity contribution in [2.45, 2.75) is 25.2 Å². The average molecular weight is 256 g/mol. The lowest BCUT2D eigenvalue weighted by molar-refractivity contribution is 0.411. The van der Waals surface area contributed by atoms with E-state index in [-0.39, 0.29) is 5.82 Å². The van der Waals surface area contributed by atoms with Crippen LogP contribution < -0.4 is 4.74 Å². The zero-order valence-corrected chi connectivity index (χ0v) is 11.2. The Balaban J connectivity index is 1.94. The second kappa shape index (κ2) is 4.37. The molecular formula is C17H17FO. The molecule has 1 fully saturated rings. The smallest absolute Gasteiger partial charge is 0.134 e. The van der Waals surface area contributed by atoms with E-state index in [0.717, 1.165) is 5.56 Å². The average Bonchev–Trinajstić information content (AvgIpc) is 3.18. The van der Waals surface area contributed by atoms with Gasteiger partial charge in [0.1, 0.15) is 11.6 Å². The molecule has 0 heterocycles. The Kier molecular flexibility index (Phi) is 2.81. The third-order valence-corrected chi connectivity index (χ3v) is 4.07. The van der Waals surface area contributed by atoms with E-state index in [1.165, 1.54) is 24.5 Å². The second-order valence-corrected chi connectivity index (χ2v) is 5.48. The molecule has 0 spiro atoms. The minimum atomic E-state index is -0.246. The molecule has 1 saturated carbocycles. The van der Waals surface area contributed by atoms with Crippen molar-refractivity contribution in [1.29, 1.82) is 0 Å². The van der Waals surface area contributed by atoms with Crippen molar-refractivity contribution in [2.24, 2.45) is 0 Å². The van der Waals surface area contributed by atoms with Gasteiger partial charge in [-0.2, -0.15) is 0 Å². The first kappa shape index (κ1) is 12.2. The number of benzene rings is 2. The van der Waals surface area contributed by atoms with E-state index in [9.17, 15) is 4.39 Å². The Bertz CT molecular complexity index is 597. The molecule has 0 aromatic heterocycles. The van der Waals surface area contributed by atoms with Gasteiger partial charge in [-0.1, -0.05) is 31.2 Å². The third kappa shape index (κ3) is 2.23. The maximum atomic E-state index is 14.0. The van der Waals surface area contributed by atoms with Crippen molar-refractivity contribution in [3.63, 3.8) is 0 Å². The van der Waals surface area contributed by atoms with E-state index in [1.807, 2.05) is 12.1 Å². The summed E-state index contributed by atoms with van der Waals surface area (Å²) in [6.07, 6.45) is 2.51. The molecule has 2 heteroatoms. The van der Waals surface area contributed by atoms with Crippen LogP contribution in [0, 0.1) is 5.82 Å². The summed E-state index contributed by atoms with van der Waals surface area (Å²) in [5, 5.41) is 0. The normalized spacial score (nSPS) is 16.2. The van der Waals surface area contributed by atoms with Crippen LogP contribution in [-0.2, 0) is 5.41 Å². The van der Waals surface area contributed by atoms with Gasteiger partial charge in [-0.15, -0.1) is 0 Å². The molecule has 2 aromatic rings. The summed E-state index contributed by atoms with van der Waals surface area (Å²) < 4.78 is 19.0. The summed E-state index contributed by atoms with van der Waals surface area (Å²) in [5.41, 5.74) is 3.24. The quantitative estimate of drug-likeness (QED) is 0.782. The van der Waals surface area contributed by atoms with Gasteiger partial charge in [0.05, 0.1) is 7.11 Å². The third-order valence-electron chi connectivity index (χ3n) is 4.07. The number of rotatable bonds is 3. The summed E-state index contributed by atoms with van der Waals surface area (Å²) in [4.78, 5) is 0. The molecule has 0 amide bonds. The highest BCUT2D eigenvalue weighted by Gasteiger charge is 2.38. The van der Waals surface area contributed by atoms with Gasteiger partial charge in [0.15, 0.2) is 0 Å². The van der Waals surface area contributed by atoms with Gasteiger partial charge in [-0.05, 0) is 41.5 Å². The molecule has 19 heavy (non-hydrogen) atoms. The van der Waals surface area contributed by atoms with E-state index in [0.29, 0.717) is 16.7 Å². The van der Waals surface area contributed by atoms with E-state index >= 15 is 0 Å². The molecular weight excluding hydrogens is 239 g/mol. The Morgan fingerprint density at radius 1 is 1.05 bits per heavy atom. The van der Waals surface area contributed by atoms with Gasteiger partial charge < -0.3 is 4.74 Å². The zero-order valence-electron chi connectivity index (χ0n) is 11.2. The van der Waals surface area contributed by atoms with E-state index < -0.39 is 0 Å². The van der Waals surface area contributed by atoms with Crippen molar-refractivity contribution >= 4 is 0 Å². The molecule has 0 atom stereocenters. The van der Waals surface area contributed by atoms with E-state index in [2.05, 4.69) is 19.1 Å². The van der Waals surface area contributed by atoms with Crippen molar-refractivity contribution in [2.75, 3.05) is 7.11 Å². The molecule has 1 nitrogen and oxygen atoms in total. The van der Waals surface area contributed by atoms with Crippen LogP contribution in [0.15, 0.2) is 42.5 Å². The maximum Gasteiger partial charge on any atom is 0.134 e. The predicted octanol–water partition coefficient (Wildman–Crippen LogP) is 4.55. The Morgan fingerprint density at radius 2 is 1.74 bits per heavy atom. The van der Waals surface area contributed by atoms with Crippen LogP contribution in [-0.4, -0.2) is 7.11 Å². The van der Waals surface area contributed by atoms with Gasteiger partial charge in [0, 0.05) is 11.6 Å². The molecule has 98 valence electrons. The Hall–Kier alpha value is -1.83. The summed E-state index contributed by atoms with van der Waals surface area (Å²) >= 11 is 0. The number of halogens is 1. The SMILES string of the molecule is COc1ccc(-c2ccc(C3(C)CC3)cc2)c(F)c1. The molecule has 0 N–H and O–H groups in total. The first-order chi connectivity index (χ1) is 9.12. The monoisotopic (exact) mass is 256 g/mol. The molecule has 0 bridgehead atoms. The van der Waals surface area contributed by atoms with Gasteiger partial charge in [0.2, 0.25) is 0 Å². The topological polar surface area (TPSA) is 9.23 Å². The van der Waals surface area contributed by atoms with Crippen molar-refractivity contribution in [3.05, 3.63) is 53.8 Å². The summed E-state index contributed by atoms with van der Waals surface area (Å²) in [5.74, 6) is 0.299. The zero-order chi connectivity index (χ0) is 13.5. The molecule has 0 aliphatic heterocycles. The maximum absolute atomic E-state index is 14.0. The van der Waals surface area contributed by atoms with E-state index in [4.69, 9.17) is 4.74 Å². The van der Waals surface area contributed by atoms with Crippen molar-refractivity contribution in [1.82, 2.24) is 0 Å². The number of ether oxygens (including phenoxy) is 1. The lowest BCUT2D eigenvalue weighted by Crippen LogP contribution is -1.98. The first-order valence-electron chi connectivity index (χ1n) is 6.57. The molecule has 1 aliphatic rings. The highest BCUT2D eigenvalue weighted by atomic mass is 19.1. The number of methoxy groups -OCH3 is 1. The fourth-order valence-electron chi connectivity index (χ4n) is 2.39. The van der Waals surface area contributed by atoms with Gasteiger partial charge >= 0.3 is 0 Å². The molecule has 0 unspecified atom stereocenters. The van der Waals surface area contributed by atoms with Crippen LogP contribution in [0.5, 0.6) is 5.75 Å². The fourth-order valence-corrected chi connectivity index (χ4v) is 2.39. The lowest BCUT2D eigenvalue weighted by Gasteiger charge is -2.10. The van der Waals surface area contributed by atoms with Crippen LogP contribution in [0.4, 0.5) is 4.39 Å². The minimum Gasteiger partial charge on any atom is -0.497 e. The van der Waals surface area contributed by atoms with Gasteiger partial charge in [-0.3, -0.25) is 0 Å². The highest BCUT2D eigenvalue weighted by Crippen LogP contribution is 2.47. The van der Waals surface area contributed by atoms with Crippen molar-refractivity contribution in [3.8, 4) is 16.9 Å². The summed E-state index contributed by atoms with van der Waals surface area (Å²) in [6.45, 7) is 2.27. The minimum absolute atomic E-state index is 0.246. The largest absolute Gasteiger partial charge is 0.497 e. The second-order valence-electron chi connectivity index (χ2n) is 5.48. The fraction of sp³-hybridized carbons (Fsp3) is 0.294. The molecule has 0 saturated heterocycles.